The van der Waals surface area contributed by atoms with Crippen molar-refractivity contribution in [1.82, 2.24) is 4.90 Å². The van der Waals surface area contributed by atoms with Crippen LogP contribution >= 0.6 is 0 Å². The van der Waals surface area contributed by atoms with Crippen molar-refractivity contribution in [2.75, 3.05) is 13.1 Å². The summed E-state index contributed by atoms with van der Waals surface area (Å²) in [6.07, 6.45) is 0.334. The van der Waals surface area contributed by atoms with Crippen LogP contribution in [0.5, 0.6) is 0 Å². The number of hydrogen-bond donors (Lipinski definition) is 1. The molecule has 0 aromatic heterocycles. The Balaban J connectivity index is 0.000000873. The fraction of sp³-hybridized carbons (Fsp3) is 0.727. The highest BCUT2D eigenvalue weighted by Crippen LogP contribution is 2.19. The van der Waals surface area contributed by atoms with Gasteiger partial charge in [0.2, 0.25) is 0 Å². The Labute approximate surface area is 105 Å². The smallest absolute Gasteiger partial charge is 0.410 e. The lowest BCUT2D eigenvalue weighted by molar-refractivity contribution is -0.191. The number of carbonyl (C=O) groups is 2. The van der Waals surface area contributed by atoms with Crippen molar-refractivity contribution in [1.29, 1.82) is 0 Å². The lowest BCUT2D eigenvalue weighted by Crippen LogP contribution is -2.35. The highest BCUT2D eigenvalue weighted by molar-refractivity contribution is 5.74. The van der Waals surface area contributed by atoms with E-state index in [1.807, 2.05) is 0 Å². The zero-order chi connectivity index (χ0) is 14.3. The number of rotatable bonds is 1. The molecular weight excluding hydrogens is 242 g/mol. The van der Waals surface area contributed by atoms with E-state index in [0.29, 0.717) is 13.0 Å². The maximum absolute atomic E-state index is 11.5. The molecule has 1 atom stereocenters. The Bertz CT molecular complexity index is 340. The van der Waals surface area contributed by atoms with Crippen molar-refractivity contribution in [3.8, 4) is 0 Å². The molecule has 0 aliphatic carbocycles. The van der Waals surface area contributed by atoms with E-state index >= 15 is 0 Å². The molecule has 1 aliphatic heterocycles. The second-order valence-electron chi connectivity index (χ2n) is 4.83. The first-order chi connectivity index (χ1) is 8.21. The summed E-state index contributed by atoms with van der Waals surface area (Å²) >= 11 is 0. The van der Waals surface area contributed by atoms with Gasteiger partial charge in [-0.15, -0.1) is 0 Å². The minimum absolute atomic E-state index is 0.250. The van der Waals surface area contributed by atoms with Gasteiger partial charge in [0, 0.05) is 13.1 Å². The number of ether oxygens (including phenoxy) is 1. The normalized spacial score (nSPS) is 18.4. The molecule has 1 N–H and O–H groups in total. The van der Waals surface area contributed by atoms with E-state index in [0.717, 1.165) is 0 Å². The highest BCUT2D eigenvalue weighted by atomic mass is 16.6. The van der Waals surface area contributed by atoms with E-state index in [2.05, 4.69) is 0 Å². The first-order valence-corrected chi connectivity index (χ1v) is 5.41. The van der Waals surface area contributed by atoms with Crippen molar-refractivity contribution >= 4 is 18.2 Å². The van der Waals surface area contributed by atoms with Crippen molar-refractivity contribution < 1.29 is 29.0 Å². The summed E-state index contributed by atoms with van der Waals surface area (Å²) in [6.45, 7) is 6.08. The van der Waals surface area contributed by atoms with E-state index in [1.54, 1.807) is 20.8 Å². The van der Waals surface area contributed by atoms with Crippen LogP contribution in [0.1, 0.15) is 27.2 Å². The number of hydrogen-bond acceptors (Lipinski definition) is 5. The molecule has 7 nitrogen and oxygen atoms in total. The summed E-state index contributed by atoms with van der Waals surface area (Å²) < 4.78 is 5.14. The average molecular weight is 259 g/mol. The first kappa shape index (κ1) is 16.1. The zero-order valence-electron chi connectivity index (χ0n) is 10.6. The molecule has 0 saturated carbocycles. The third kappa shape index (κ3) is 6.00. The van der Waals surface area contributed by atoms with Gasteiger partial charge in [-0.1, -0.05) is 0 Å². The van der Waals surface area contributed by atoms with Crippen LogP contribution < -0.4 is 0 Å². The van der Waals surface area contributed by atoms with Crippen LogP contribution in [0.2, 0.25) is 0 Å². The van der Waals surface area contributed by atoms with Crippen LogP contribution in [-0.2, 0) is 19.1 Å². The fourth-order valence-corrected chi connectivity index (χ4v) is 1.45. The Hall–Kier alpha value is -1.88. The SMILES string of the molecule is CC(C)(C)OC(=O)N1CC[C@@H](C(=O)O)C1.O=C=O. The molecule has 18 heavy (non-hydrogen) atoms. The van der Waals surface area contributed by atoms with E-state index in [4.69, 9.17) is 19.4 Å². The van der Waals surface area contributed by atoms with Crippen molar-refractivity contribution in [3.63, 3.8) is 0 Å². The predicted octanol–water partition coefficient (Wildman–Crippen LogP) is 0.744. The number of likely N-dealkylation sites (tertiary alicyclic amines) is 1. The van der Waals surface area contributed by atoms with Crippen LogP contribution in [0.15, 0.2) is 0 Å². The van der Waals surface area contributed by atoms with Gasteiger partial charge in [-0.3, -0.25) is 4.79 Å². The van der Waals surface area contributed by atoms with Crippen LogP contribution in [0.25, 0.3) is 0 Å². The number of carboxylic acid groups (broad SMARTS) is 1. The van der Waals surface area contributed by atoms with Gasteiger partial charge < -0.3 is 14.7 Å². The van der Waals surface area contributed by atoms with Gasteiger partial charge in [-0.05, 0) is 27.2 Å². The Morgan fingerprint density at radius 1 is 1.33 bits per heavy atom. The Morgan fingerprint density at radius 2 is 1.83 bits per heavy atom. The molecule has 0 spiro atoms. The molecule has 102 valence electrons. The summed E-state index contributed by atoms with van der Waals surface area (Å²) in [6, 6.07) is 0. The third-order valence-corrected chi connectivity index (χ3v) is 2.19. The molecule has 1 saturated heterocycles. The van der Waals surface area contributed by atoms with E-state index in [9.17, 15) is 9.59 Å². The van der Waals surface area contributed by atoms with Gasteiger partial charge in [-0.2, -0.15) is 9.59 Å². The van der Waals surface area contributed by atoms with Gasteiger partial charge in [0.05, 0.1) is 5.92 Å². The summed E-state index contributed by atoms with van der Waals surface area (Å²) in [5, 5.41) is 8.77. The third-order valence-electron chi connectivity index (χ3n) is 2.19. The molecule has 1 heterocycles. The Kier molecular flexibility index (Phi) is 6.05. The van der Waals surface area contributed by atoms with Gasteiger partial charge in [-0.25, -0.2) is 4.79 Å². The predicted molar refractivity (Wildman–Crippen MR) is 58.6 cm³/mol. The topological polar surface area (TPSA) is 101 Å². The lowest BCUT2D eigenvalue weighted by Gasteiger charge is -2.24. The van der Waals surface area contributed by atoms with Crippen molar-refractivity contribution in [2.45, 2.75) is 32.8 Å². The van der Waals surface area contributed by atoms with Gasteiger partial charge in [0.25, 0.3) is 0 Å². The monoisotopic (exact) mass is 259 g/mol. The maximum Gasteiger partial charge on any atom is 0.410 e. The number of carboxylic acids is 1. The molecular formula is C11H17NO6. The van der Waals surface area contributed by atoms with Crippen LogP contribution in [0, 0.1) is 5.92 Å². The number of aliphatic carboxylic acids is 1. The molecule has 0 aromatic rings. The number of carbonyl (C=O) groups excluding carboxylic acids is 3. The Morgan fingerprint density at radius 3 is 2.17 bits per heavy atom. The van der Waals surface area contributed by atoms with Gasteiger partial charge in [0.1, 0.15) is 5.60 Å². The van der Waals surface area contributed by atoms with Crippen molar-refractivity contribution in [3.05, 3.63) is 0 Å². The standard InChI is InChI=1S/C10H17NO4.CO2/c1-10(2,3)15-9(14)11-5-4-7(6-11)8(12)13;2-1-3/h7H,4-6H2,1-3H3,(H,12,13);/t7-;/m1./s1. The van der Waals surface area contributed by atoms with Crippen molar-refractivity contribution in [2.24, 2.45) is 5.92 Å². The van der Waals surface area contributed by atoms with E-state index < -0.39 is 23.6 Å². The summed E-state index contributed by atoms with van der Waals surface area (Å²) in [5.41, 5.74) is -0.529. The van der Waals surface area contributed by atoms with E-state index in [-0.39, 0.29) is 12.7 Å². The largest absolute Gasteiger partial charge is 0.481 e. The average Bonchev–Trinajstić information content (AvgIpc) is 2.64. The van der Waals surface area contributed by atoms with Crippen LogP contribution in [0.4, 0.5) is 4.79 Å². The molecule has 7 heteroatoms. The molecule has 0 aromatic carbocycles. The van der Waals surface area contributed by atoms with Crippen LogP contribution in [-0.4, -0.2) is 46.9 Å². The van der Waals surface area contributed by atoms with Crippen LogP contribution in [0.3, 0.4) is 0 Å². The molecule has 0 unspecified atom stereocenters. The molecule has 1 aliphatic rings. The quantitative estimate of drug-likeness (QED) is 0.745. The first-order valence-electron chi connectivity index (χ1n) is 5.41. The zero-order valence-corrected chi connectivity index (χ0v) is 10.6. The molecule has 1 rings (SSSR count). The number of nitrogens with zero attached hydrogens (tertiary/aromatic N) is 1. The molecule has 1 fully saturated rings. The second-order valence-corrected chi connectivity index (χ2v) is 4.83. The summed E-state index contributed by atoms with van der Waals surface area (Å²) in [5.74, 6) is -1.29. The summed E-state index contributed by atoms with van der Waals surface area (Å²) in [4.78, 5) is 39.9. The highest BCUT2D eigenvalue weighted by Gasteiger charge is 2.33. The molecule has 0 bridgehead atoms. The minimum atomic E-state index is -0.846. The minimum Gasteiger partial charge on any atom is -0.481 e. The maximum atomic E-state index is 11.5. The molecule has 0 radical (unpaired) electrons. The van der Waals surface area contributed by atoms with Gasteiger partial charge in [0.15, 0.2) is 0 Å². The fourth-order valence-electron chi connectivity index (χ4n) is 1.45. The lowest BCUT2D eigenvalue weighted by atomic mass is 10.1. The van der Waals surface area contributed by atoms with E-state index in [1.165, 1.54) is 4.90 Å². The second kappa shape index (κ2) is 6.76. The summed E-state index contributed by atoms with van der Waals surface area (Å²) in [7, 11) is 0. The molecule has 1 amide bonds. The number of amides is 1. The van der Waals surface area contributed by atoms with Gasteiger partial charge >= 0.3 is 18.2 Å².